The summed E-state index contributed by atoms with van der Waals surface area (Å²) in [5.74, 6) is 1.64. The smallest absolute Gasteiger partial charge is 0.200 e. The van der Waals surface area contributed by atoms with Crippen LogP contribution >= 0.6 is 0 Å². The summed E-state index contributed by atoms with van der Waals surface area (Å²) in [5.41, 5.74) is 0.531. The Kier molecular flexibility index (Phi) is 8.48. The molecule has 4 rings (SSSR count). The van der Waals surface area contributed by atoms with Crippen molar-refractivity contribution in [3.05, 3.63) is 29.3 Å². The number of ether oxygens (including phenoxy) is 2. The molecule has 3 aliphatic rings. The highest BCUT2D eigenvalue weighted by Crippen LogP contribution is 2.44. The lowest BCUT2D eigenvalue weighted by Gasteiger charge is -2.41. The maximum Gasteiger partial charge on any atom is 0.200 e. The first-order valence-corrected chi connectivity index (χ1v) is 13.3. The molecule has 0 spiro atoms. The van der Waals surface area contributed by atoms with Gasteiger partial charge < -0.3 is 9.47 Å². The van der Waals surface area contributed by atoms with Crippen LogP contribution in [0.2, 0.25) is 0 Å². The molecule has 0 bridgehead atoms. The molecule has 2 aliphatic carbocycles. The lowest BCUT2D eigenvalue weighted by molar-refractivity contribution is -0.0732. The van der Waals surface area contributed by atoms with Gasteiger partial charge in [0, 0.05) is 0 Å². The number of benzene rings is 1. The number of halogens is 2. The summed E-state index contributed by atoms with van der Waals surface area (Å²) in [7, 11) is 0. The van der Waals surface area contributed by atoms with Gasteiger partial charge in [0.1, 0.15) is 0 Å². The summed E-state index contributed by atoms with van der Waals surface area (Å²) < 4.78 is 40.6. The molecule has 1 heterocycles. The van der Waals surface area contributed by atoms with Crippen LogP contribution < -0.4 is 4.74 Å². The molecule has 1 aliphatic heterocycles. The molecule has 180 valence electrons. The molecule has 0 N–H and O–H groups in total. The van der Waals surface area contributed by atoms with Crippen molar-refractivity contribution in [2.24, 2.45) is 23.7 Å². The molecule has 1 aromatic rings. The molecule has 2 nitrogen and oxygen atoms in total. The standard InChI is InChI=1S/C28H42F2O2/c1-3-5-19-6-8-22(9-7-19)25-16-14-23(18-32-25)20-10-12-21(13-11-20)24-15-17-26(31-4-2)28(30)27(24)29/h15,17,19-23,25H,3-14,16,18H2,1-2H3/t19?,20?,21?,22?,23-,25?/m1/s1. The van der Waals surface area contributed by atoms with Crippen molar-refractivity contribution in [3.8, 4) is 5.75 Å². The van der Waals surface area contributed by atoms with Crippen molar-refractivity contribution < 1.29 is 18.3 Å². The first-order valence-electron chi connectivity index (χ1n) is 13.3. The van der Waals surface area contributed by atoms with Gasteiger partial charge in [0.25, 0.3) is 0 Å². The summed E-state index contributed by atoms with van der Waals surface area (Å²) in [5, 5.41) is 0. The van der Waals surface area contributed by atoms with E-state index in [0.717, 1.165) is 44.1 Å². The second-order valence-electron chi connectivity index (χ2n) is 10.6. The predicted octanol–water partition coefficient (Wildman–Crippen LogP) is 8.04. The molecule has 3 fully saturated rings. The Labute approximate surface area is 193 Å². The fourth-order valence-electron chi connectivity index (χ4n) is 6.82. The van der Waals surface area contributed by atoms with Crippen molar-refractivity contribution in [1.82, 2.24) is 0 Å². The molecule has 2 atom stereocenters. The molecule has 1 unspecified atom stereocenters. The first-order chi connectivity index (χ1) is 15.6. The van der Waals surface area contributed by atoms with E-state index in [1.54, 1.807) is 19.1 Å². The third-order valence-corrected chi connectivity index (χ3v) is 8.72. The SMILES string of the molecule is CCCC1CCC(C2CC[C@@H](C3CCC(c4ccc(OCC)c(F)c4F)CC3)CO2)CC1. The van der Waals surface area contributed by atoms with E-state index in [0.29, 0.717) is 30.1 Å². The summed E-state index contributed by atoms with van der Waals surface area (Å²) in [6.07, 6.45) is 15.3. The van der Waals surface area contributed by atoms with E-state index in [4.69, 9.17) is 9.47 Å². The van der Waals surface area contributed by atoms with Crippen LogP contribution in [0.4, 0.5) is 8.78 Å². The lowest BCUT2D eigenvalue weighted by atomic mass is 9.71. The molecule has 4 heteroatoms. The largest absolute Gasteiger partial charge is 0.491 e. The quantitative estimate of drug-likeness (QED) is 0.420. The molecule has 0 amide bonds. The molecule has 32 heavy (non-hydrogen) atoms. The Hall–Kier alpha value is -1.16. The van der Waals surface area contributed by atoms with Crippen molar-refractivity contribution in [2.75, 3.05) is 13.2 Å². The van der Waals surface area contributed by atoms with Gasteiger partial charge in [-0.25, -0.2) is 4.39 Å². The molecular weight excluding hydrogens is 406 g/mol. The van der Waals surface area contributed by atoms with E-state index >= 15 is 0 Å². The van der Waals surface area contributed by atoms with Gasteiger partial charge in [-0.15, -0.1) is 0 Å². The van der Waals surface area contributed by atoms with Crippen LogP contribution in [0.25, 0.3) is 0 Å². The molecular formula is C28H42F2O2. The highest BCUT2D eigenvalue weighted by molar-refractivity contribution is 5.33. The topological polar surface area (TPSA) is 18.5 Å². The van der Waals surface area contributed by atoms with Gasteiger partial charge in [0.2, 0.25) is 5.82 Å². The van der Waals surface area contributed by atoms with Crippen LogP contribution in [0, 0.1) is 35.3 Å². The van der Waals surface area contributed by atoms with Gasteiger partial charge in [-0.2, -0.15) is 4.39 Å². The van der Waals surface area contributed by atoms with E-state index in [-0.39, 0.29) is 11.7 Å². The molecule has 0 radical (unpaired) electrons. The van der Waals surface area contributed by atoms with Gasteiger partial charge in [-0.05, 0) is 99.5 Å². The molecule has 1 aromatic carbocycles. The summed E-state index contributed by atoms with van der Waals surface area (Å²) in [6.45, 7) is 5.32. The third kappa shape index (κ3) is 5.48. The van der Waals surface area contributed by atoms with E-state index < -0.39 is 11.6 Å². The van der Waals surface area contributed by atoms with Gasteiger partial charge in [-0.3, -0.25) is 0 Å². The van der Waals surface area contributed by atoms with Crippen molar-refractivity contribution in [3.63, 3.8) is 0 Å². The zero-order valence-corrected chi connectivity index (χ0v) is 20.1. The maximum absolute atomic E-state index is 14.6. The van der Waals surface area contributed by atoms with Crippen molar-refractivity contribution in [1.29, 1.82) is 0 Å². The summed E-state index contributed by atoms with van der Waals surface area (Å²) >= 11 is 0. The average Bonchev–Trinajstić information content (AvgIpc) is 2.83. The third-order valence-electron chi connectivity index (χ3n) is 8.72. The van der Waals surface area contributed by atoms with Gasteiger partial charge >= 0.3 is 0 Å². The molecule has 2 saturated carbocycles. The molecule has 0 aromatic heterocycles. The Balaban J connectivity index is 1.23. The zero-order chi connectivity index (χ0) is 22.5. The van der Waals surface area contributed by atoms with Crippen LogP contribution in [0.3, 0.4) is 0 Å². The fraction of sp³-hybridized carbons (Fsp3) is 0.786. The monoisotopic (exact) mass is 448 g/mol. The van der Waals surface area contributed by atoms with Gasteiger partial charge in [0.05, 0.1) is 19.3 Å². The van der Waals surface area contributed by atoms with E-state index in [2.05, 4.69) is 6.92 Å². The minimum absolute atomic E-state index is 0.0233. The number of hydrogen-bond donors (Lipinski definition) is 0. The number of hydrogen-bond acceptors (Lipinski definition) is 2. The van der Waals surface area contributed by atoms with Crippen molar-refractivity contribution >= 4 is 0 Å². The van der Waals surface area contributed by atoms with Crippen LogP contribution in [0.5, 0.6) is 5.75 Å². The highest BCUT2D eigenvalue weighted by Gasteiger charge is 2.36. The van der Waals surface area contributed by atoms with E-state index in [1.165, 1.54) is 51.4 Å². The van der Waals surface area contributed by atoms with E-state index in [1.807, 2.05) is 0 Å². The highest BCUT2D eigenvalue weighted by atomic mass is 19.2. The van der Waals surface area contributed by atoms with Crippen molar-refractivity contribution in [2.45, 2.75) is 103 Å². The van der Waals surface area contributed by atoms with Crippen LogP contribution in [0.15, 0.2) is 12.1 Å². The van der Waals surface area contributed by atoms with Crippen LogP contribution in [-0.2, 0) is 4.74 Å². The Morgan fingerprint density at radius 3 is 2.12 bits per heavy atom. The minimum atomic E-state index is -0.832. The minimum Gasteiger partial charge on any atom is -0.491 e. The average molecular weight is 449 g/mol. The molecule has 1 saturated heterocycles. The maximum atomic E-state index is 14.6. The normalized spacial score (nSPS) is 33.8. The Morgan fingerprint density at radius 1 is 0.812 bits per heavy atom. The Morgan fingerprint density at radius 2 is 1.50 bits per heavy atom. The summed E-state index contributed by atoms with van der Waals surface area (Å²) in [6, 6.07) is 3.33. The second-order valence-corrected chi connectivity index (χ2v) is 10.6. The fourth-order valence-corrected chi connectivity index (χ4v) is 6.82. The second kappa shape index (κ2) is 11.3. The summed E-state index contributed by atoms with van der Waals surface area (Å²) in [4.78, 5) is 0. The zero-order valence-electron chi connectivity index (χ0n) is 20.1. The van der Waals surface area contributed by atoms with Gasteiger partial charge in [0.15, 0.2) is 11.6 Å². The first kappa shape index (κ1) is 24.0. The van der Waals surface area contributed by atoms with E-state index in [9.17, 15) is 8.78 Å². The number of rotatable bonds is 7. The predicted molar refractivity (Wildman–Crippen MR) is 125 cm³/mol. The van der Waals surface area contributed by atoms with Gasteiger partial charge in [-0.1, -0.05) is 38.7 Å². The van der Waals surface area contributed by atoms with Crippen LogP contribution in [-0.4, -0.2) is 19.3 Å². The van der Waals surface area contributed by atoms with Crippen LogP contribution in [0.1, 0.15) is 102 Å². The Bertz CT molecular complexity index is 712. The lowest BCUT2D eigenvalue weighted by Crippen LogP contribution is -2.37.